The van der Waals surface area contributed by atoms with E-state index in [1.807, 2.05) is 0 Å². The van der Waals surface area contributed by atoms with E-state index in [1.54, 1.807) is 6.07 Å². The summed E-state index contributed by atoms with van der Waals surface area (Å²) in [6, 6.07) is 1.76. The molecule has 0 bridgehead atoms. The van der Waals surface area contributed by atoms with E-state index in [-0.39, 0.29) is 0 Å². The summed E-state index contributed by atoms with van der Waals surface area (Å²) in [5.74, 6) is 0.526. The van der Waals surface area contributed by atoms with Gasteiger partial charge >= 0.3 is 0 Å². The summed E-state index contributed by atoms with van der Waals surface area (Å²) >= 11 is 13.2. The number of ether oxygens (including phenoxy) is 1. The van der Waals surface area contributed by atoms with Crippen LogP contribution in [0.25, 0.3) is 0 Å². The van der Waals surface area contributed by atoms with Crippen molar-refractivity contribution in [2.45, 2.75) is 25.4 Å². The molecular weight excluding hydrogens is 267 g/mol. The Morgan fingerprint density at radius 3 is 2.69 bits per heavy atom. The molecule has 0 aromatic carbocycles. The molecule has 1 aromatic heterocycles. The van der Waals surface area contributed by atoms with E-state index in [2.05, 4.69) is 0 Å². The maximum absolute atomic E-state index is 10.1. The first kappa shape index (κ1) is 12.7. The summed E-state index contributed by atoms with van der Waals surface area (Å²) in [5.41, 5.74) is 0.767. The van der Waals surface area contributed by atoms with Gasteiger partial charge in [-0.1, -0.05) is 23.2 Å². The van der Waals surface area contributed by atoms with Gasteiger partial charge < -0.3 is 9.84 Å². The highest BCUT2D eigenvalue weighted by Gasteiger charge is 2.21. The first-order valence-corrected chi connectivity index (χ1v) is 6.94. The molecule has 2 heterocycles. The first-order chi connectivity index (χ1) is 7.66. The summed E-state index contributed by atoms with van der Waals surface area (Å²) in [6.07, 6.45) is 2.29. The summed E-state index contributed by atoms with van der Waals surface area (Å²) in [6.45, 7) is 1.60. The monoisotopic (exact) mass is 280 g/mol. The van der Waals surface area contributed by atoms with Crippen LogP contribution in [0.4, 0.5) is 0 Å². The molecule has 0 aliphatic carbocycles. The zero-order valence-electron chi connectivity index (χ0n) is 8.79. The summed E-state index contributed by atoms with van der Waals surface area (Å²) in [7, 11) is 0. The van der Waals surface area contributed by atoms with E-state index >= 15 is 0 Å². The molecule has 16 heavy (non-hydrogen) atoms. The lowest BCUT2D eigenvalue weighted by atomic mass is 9.92. The van der Waals surface area contributed by atoms with Crippen LogP contribution < -0.4 is 0 Å². The zero-order valence-corrected chi connectivity index (χ0v) is 11.1. The third kappa shape index (κ3) is 3.11. The minimum Gasteiger partial charge on any atom is -0.388 e. The van der Waals surface area contributed by atoms with E-state index in [0.29, 0.717) is 14.6 Å². The molecule has 0 spiro atoms. The van der Waals surface area contributed by atoms with Crippen LogP contribution in [-0.2, 0) is 4.74 Å². The molecule has 1 atom stereocenters. The molecule has 0 saturated carbocycles. The van der Waals surface area contributed by atoms with Crippen LogP contribution in [-0.4, -0.2) is 18.3 Å². The van der Waals surface area contributed by atoms with Crippen molar-refractivity contribution in [2.75, 3.05) is 13.2 Å². The van der Waals surface area contributed by atoms with Crippen LogP contribution in [0.1, 0.15) is 30.9 Å². The number of aliphatic hydroxyl groups is 1. The highest BCUT2D eigenvalue weighted by molar-refractivity contribution is 7.20. The van der Waals surface area contributed by atoms with Gasteiger partial charge in [0.05, 0.1) is 10.4 Å². The van der Waals surface area contributed by atoms with E-state index in [9.17, 15) is 5.11 Å². The molecule has 1 aliphatic heterocycles. The maximum Gasteiger partial charge on any atom is 0.100 e. The minimum atomic E-state index is -0.501. The largest absolute Gasteiger partial charge is 0.388 e. The van der Waals surface area contributed by atoms with Gasteiger partial charge in [0.1, 0.15) is 4.34 Å². The molecule has 0 amide bonds. The molecule has 1 fully saturated rings. The Labute approximate surface area is 109 Å². The molecule has 0 radical (unpaired) electrons. The van der Waals surface area contributed by atoms with Crippen molar-refractivity contribution in [1.82, 2.24) is 0 Å². The third-order valence-electron chi connectivity index (χ3n) is 2.94. The van der Waals surface area contributed by atoms with E-state index in [0.717, 1.165) is 38.0 Å². The van der Waals surface area contributed by atoms with Crippen molar-refractivity contribution >= 4 is 34.5 Å². The first-order valence-electron chi connectivity index (χ1n) is 5.37. The smallest absolute Gasteiger partial charge is 0.100 e. The van der Waals surface area contributed by atoms with Gasteiger partial charge in [0.25, 0.3) is 0 Å². The van der Waals surface area contributed by atoms with Gasteiger partial charge in [-0.05, 0) is 31.2 Å². The fraction of sp³-hybridized carbons (Fsp3) is 0.636. The molecule has 1 unspecified atom stereocenters. The SMILES string of the molecule is OC(CC1CCOCC1)c1cc(Cl)sc1Cl. The molecule has 2 rings (SSSR count). The second-order valence-electron chi connectivity index (χ2n) is 4.09. The number of halogens is 2. The van der Waals surface area contributed by atoms with Gasteiger partial charge in [-0.3, -0.25) is 0 Å². The molecular formula is C11H14Cl2O2S. The average Bonchev–Trinajstić information content (AvgIpc) is 2.59. The van der Waals surface area contributed by atoms with Gasteiger partial charge in [0.2, 0.25) is 0 Å². The number of aliphatic hydroxyl groups excluding tert-OH is 1. The van der Waals surface area contributed by atoms with Gasteiger partial charge in [-0.2, -0.15) is 0 Å². The molecule has 5 heteroatoms. The van der Waals surface area contributed by atoms with Crippen LogP contribution in [0.15, 0.2) is 6.07 Å². The molecule has 1 aliphatic rings. The Balaban J connectivity index is 1.96. The molecule has 1 aromatic rings. The third-order valence-corrected chi connectivity index (χ3v) is 4.46. The van der Waals surface area contributed by atoms with E-state index in [4.69, 9.17) is 27.9 Å². The Morgan fingerprint density at radius 2 is 2.12 bits per heavy atom. The number of rotatable bonds is 3. The van der Waals surface area contributed by atoms with Crippen molar-refractivity contribution in [1.29, 1.82) is 0 Å². The molecule has 1 N–H and O–H groups in total. The van der Waals surface area contributed by atoms with E-state index < -0.39 is 6.10 Å². The van der Waals surface area contributed by atoms with Crippen molar-refractivity contribution in [3.05, 3.63) is 20.3 Å². The lowest BCUT2D eigenvalue weighted by Gasteiger charge is -2.24. The van der Waals surface area contributed by atoms with Crippen molar-refractivity contribution in [3.63, 3.8) is 0 Å². The maximum atomic E-state index is 10.1. The zero-order chi connectivity index (χ0) is 11.5. The summed E-state index contributed by atoms with van der Waals surface area (Å²) < 4.78 is 6.52. The standard InChI is InChI=1S/C11H14Cl2O2S/c12-10-6-8(11(13)16-10)9(14)5-7-1-3-15-4-2-7/h6-7,9,14H,1-5H2. The van der Waals surface area contributed by atoms with Gasteiger partial charge in [-0.25, -0.2) is 0 Å². The normalized spacial score (nSPS) is 19.9. The molecule has 90 valence electrons. The summed E-state index contributed by atoms with van der Waals surface area (Å²) in [4.78, 5) is 0. The highest BCUT2D eigenvalue weighted by Crippen LogP contribution is 2.38. The number of thiophene rings is 1. The van der Waals surface area contributed by atoms with Crippen molar-refractivity contribution in [3.8, 4) is 0 Å². The summed E-state index contributed by atoms with van der Waals surface area (Å²) in [5, 5.41) is 10.1. The topological polar surface area (TPSA) is 29.5 Å². The Bertz CT molecular complexity index is 348. The number of hydrogen-bond donors (Lipinski definition) is 1. The average molecular weight is 281 g/mol. The fourth-order valence-electron chi connectivity index (χ4n) is 2.00. The predicted octanol–water partition coefficient (Wildman–Crippen LogP) is 3.91. The second kappa shape index (κ2) is 5.69. The Hall–Kier alpha value is 0.200. The van der Waals surface area contributed by atoms with Crippen LogP contribution in [0.5, 0.6) is 0 Å². The highest BCUT2D eigenvalue weighted by atomic mass is 35.5. The Morgan fingerprint density at radius 1 is 1.44 bits per heavy atom. The number of hydrogen-bond acceptors (Lipinski definition) is 3. The van der Waals surface area contributed by atoms with Crippen LogP contribution >= 0.6 is 34.5 Å². The fourth-order valence-corrected chi connectivity index (χ4v) is 3.57. The Kier molecular flexibility index (Phi) is 4.50. The van der Waals surface area contributed by atoms with Gasteiger partial charge in [0.15, 0.2) is 0 Å². The predicted molar refractivity (Wildman–Crippen MR) is 67.5 cm³/mol. The molecule has 2 nitrogen and oxygen atoms in total. The van der Waals surface area contributed by atoms with Crippen LogP contribution in [0.3, 0.4) is 0 Å². The van der Waals surface area contributed by atoms with Gasteiger partial charge in [0, 0.05) is 18.8 Å². The lowest BCUT2D eigenvalue weighted by molar-refractivity contribution is 0.0436. The van der Waals surface area contributed by atoms with Crippen LogP contribution in [0.2, 0.25) is 8.67 Å². The van der Waals surface area contributed by atoms with Crippen molar-refractivity contribution in [2.24, 2.45) is 5.92 Å². The van der Waals surface area contributed by atoms with Crippen LogP contribution in [0, 0.1) is 5.92 Å². The quantitative estimate of drug-likeness (QED) is 0.910. The van der Waals surface area contributed by atoms with Gasteiger partial charge in [-0.15, -0.1) is 11.3 Å². The molecule has 1 saturated heterocycles. The van der Waals surface area contributed by atoms with Crippen molar-refractivity contribution < 1.29 is 9.84 Å². The lowest BCUT2D eigenvalue weighted by Crippen LogP contribution is -2.17. The second-order valence-corrected chi connectivity index (χ2v) is 6.37. The minimum absolute atomic E-state index is 0.501. The van der Waals surface area contributed by atoms with E-state index in [1.165, 1.54) is 11.3 Å².